The molecule has 1 aromatic heterocycles. The maximum atomic E-state index is 14.6. The van der Waals surface area contributed by atoms with Crippen LogP contribution in [-0.2, 0) is 11.2 Å². The Hall–Kier alpha value is -1.76. The maximum Gasteiger partial charge on any atom is 0.261 e. The van der Waals surface area contributed by atoms with Crippen LogP contribution in [0.5, 0.6) is 0 Å². The number of nitrogens with one attached hydrogen (secondary N) is 2. The zero-order chi connectivity index (χ0) is 23.0. The number of thiophene rings is 1. The van der Waals surface area contributed by atoms with Gasteiger partial charge in [0.05, 0.1) is 42.0 Å². The number of fused-ring (bicyclic) bond motifs is 1. The molecule has 32 heavy (non-hydrogen) atoms. The molecular formula is C22H25FIN3O4S. The maximum absolute atomic E-state index is 14.6. The summed E-state index contributed by atoms with van der Waals surface area (Å²) in [5, 5.41) is 16.2. The van der Waals surface area contributed by atoms with E-state index in [1.165, 1.54) is 6.07 Å². The van der Waals surface area contributed by atoms with Crippen molar-refractivity contribution in [3.8, 4) is 0 Å². The van der Waals surface area contributed by atoms with Crippen LogP contribution in [0.4, 0.5) is 15.1 Å². The normalized spacial score (nSPS) is 20.3. The second-order valence-corrected chi connectivity index (χ2v) is 11.1. The van der Waals surface area contributed by atoms with E-state index < -0.39 is 11.9 Å². The van der Waals surface area contributed by atoms with Gasteiger partial charge in [0, 0.05) is 16.7 Å². The van der Waals surface area contributed by atoms with Crippen LogP contribution in [0.15, 0.2) is 18.2 Å². The van der Waals surface area contributed by atoms with Crippen molar-refractivity contribution in [2.24, 2.45) is 5.41 Å². The average Bonchev–Trinajstić information content (AvgIpc) is 3.05. The number of carbonyl (C=O) groups is 2. The summed E-state index contributed by atoms with van der Waals surface area (Å²) >= 11 is 3.19. The van der Waals surface area contributed by atoms with Crippen LogP contribution in [0.1, 0.15) is 39.4 Å². The summed E-state index contributed by atoms with van der Waals surface area (Å²) in [6, 6.07) is 4.32. The molecule has 3 N–H and O–H groups in total. The fraction of sp³-hybridized carbons (Fsp3) is 0.455. The lowest BCUT2D eigenvalue weighted by Gasteiger charge is -2.35. The van der Waals surface area contributed by atoms with Crippen molar-refractivity contribution in [2.75, 3.05) is 38.2 Å². The molecule has 0 spiro atoms. The lowest BCUT2D eigenvalue weighted by molar-refractivity contribution is -0.0183. The number of amides is 2. The van der Waals surface area contributed by atoms with E-state index in [2.05, 4.69) is 10.6 Å². The molecule has 172 valence electrons. The average molecular weight is 573 g/mol. The second kappa shape index (κ2) is 9.24. The summed E-state index contributed by atoms with van der Waals surface area (Å²) in [7, 11) is 0. The number of nitrogens with zero attached hydrogens (tertiary/aromatic N) is 1. The number of benzene rings is 1. The Morgan fingerprint density at radius 3 is 2.97 bits per heavy atom. The number of hydrogen-bond donors (Lipinski definition) is 3. The number of aliphatic hydroxyl groups is 1. The largest absolute Gasteiger partial charge is 0.394 e. The summed E-state index contributed by atoms with van der Waals surface area (Å²) in [6.07, 6.45) is 0.517. The van der Waals surface area contributed by atoms with Gasteiger partial charge in [-0.25, -0.2) is 4.39 Å². The van der Waals surface area contributed by atoms with Gasteiger partial charge in [0.15, 0.2) is 0 Å². The summed E-state index contributed by atoms with van der Waals surface area (Å²) in [5.41, 5.74) is 1.00. The lowest BCUT2D eigenvalue weighted by Crippen LogP contribution is -2.50. The first-order valence-electron chi connectivity index (χ1n) is 10.4. The Bertz CT molecular complexity index is 1060. The molecule has 2 aromatic rings. The van der Waals surface area contributed by atoms with Crippen LogP contribution < -0.4 is 10.6 Å². The molecule has 7 nitrogen and oxygen atoms in total. The Morgan fingerprint density at radius 2 is 2.25 bits per heavy atom. The third-order valence-corrected chi connectivity index (χ3v) is 7.51. The van der Waals surface area contributed by atoms with Gasteiger partial charge in [0.1, 0.15) is 10.8 Å². The molecule has 4 rings (SSSR count). The van der Waals surface area contributed by atoms with E-state index in [0.717, 1.165) is 14.9 Å². The highest BCUT2D eigenvalue weighted by atomic mass is 127. The Kier molecular flexibility index (Phi) is 6.76. The number of anilines is 2. The number of ether oxygens (including phenoxy) is 1. The minimum absolute atomic E-state index is 0.224. The smallest absolute Gasteiger partial charge is 0.261 e. The summed E-state index contributed by atoms with van der Waals surface area (Å²) in [4.78, 5) is 28.7. The standard InChI is InChI=1S/C22H25FIN3O4S/c1-22(2)8-14-17(21(30)27-5-6-31-10-13(27)9-28)20(32-18(14)19(29)25-11-22)26-16-4-3-12(24)7-15(16)23/h3-4,7,13,26,28H,5-6,8-11H2,1-2H3,(H,25,29)/t13-/m0/s1. The quantitative estimate of drug-likeness (QED) is 0.489. The van der Waals surface area contributed by atoms with Crippen LogP contribution in [0.3, 0.4) is 0 Å². The van der Waals surface area contributed by atoms with E-state index in [1.54, 1.807) is 17.0 Å². The first kappa shape index (κ1) is 23.4. The number of rotatable bonds is 4. The molecule has 0 radical (unpaired) electrons. The SMILES string of the molecule is CC1(C)CNC(=O)c2sc(Nc3ccc(I)cc3F)c(C(=O)N3CCOC[C@@H]3CO)c2C1. The van der Waals surface area contributed by atoms with Crippen molar-refractivity contribution in [1.29, 1.82) is 0 Å². The molecule has 10 heteroatoms. The molecule has 0 unspecified atom stereocenters. The zero-order valence-corrected chi connectivity index (χ0v) is 20.8. The van der Waals surface area contributed by atoms with E-state index in [1.807, 2.05) is 36.4 Å². The van der Waals surface area contributed by atoms with Crippen LogP contribution in [0.2, 0.25) is 0 Å². The van der Waals surface area contributed by atoms with Crippen LogP contribution in [-0.4, -0.2) is 60.8 Å². The van der Waals surface area contributed by atoms with Crippen molar-refractivity contribution in [2.45, 2.75) is 26.3 Å². The monoisotopic (exact) mass is 573 g/mol. The molecule has 1 saturated heterocycles. The van der Waals surface area contributed by atoms with Crippen LogP contribution in [0, 0.1) is 14.8 Å². The molecule has 3 heterocycles. The first-order chi connectivity index (χ1) is 15.2. The minimum Gasteiger partial charge on any atom is -0.394 e. The minimum atomic E-state index is -0.470. The molecule has 0 bridgehead atoms. The molecule has 1 atom stereocenters. The van der Waals surface area contributed by atoms with Crippen LogP contribution >= 0.6 is 33.9 Å². The van der Waals surface area contributed by atoms with Crippen LogP contribution in [0.25, 0.3) is 0 Å². The summed E-state index contributed by atoms with van der Waals surface area (Å²) in [6.45, 7) is 5.29. The summed E-state index contributed by atoms with van der Waals surface area (Å²) < 4.78 is 20.8. The van der Waals surface area contributed by atoms with E-state index in [0.29, 0.717) is 47.1 Å². The third kappa shape index (κ3) is 4.63. The predicted molar refractivity (Wildman–Crippen MR) is 129 cm³/mol. The molecule has 2 amide bonds. The number of aliphatic hydroxyl groups excluding tert-OH is 1. The van der Waals surface area contributed by atoms with Crippen molar-refractivity contribution in [3.05, 3.63) is 43.6 Å². The molecular weight excluding hydrogens is 548 g/mol. The highest BCUT2D eigenvalue weighted by Crippen LogP contribution is 2.41. The lowest BCUT2D eigenvalue weighted by atomic mass is 9.85. The van der Waals surface area contributed by atoms with Gasteiger partial charge in [-0.2, -0.15) is 0 Å². The Balaban J connectivity index is 1.83. The van der Waals surface area contributed by atoms with Crippen molar-refractivity contribution >= 4 is 56.4 Å². The van der Waals surface area contributed by atoms with Crippen molar-refractivity contribution in [3.63, 3.8) is 0 Å². The Labute approximate surface area is 203 Å². The highest BCUT2D eigenvalue weighted by molar-refractivity contribution is 14.1. The number of carbonyl (C=O) groups excluding carboxylic acids is 2. The highest BCUT2D eigenvalue weighted by Gasteiger charge is 2.38. The van der Waals surface area contributed by atoms with Gasteiger partial charge in [-0.05, 0) is 58.2 Å². The molecule has 0 saturated carbocycles. The van der Waals surface area contributed by atoms with Crippen molar-refractivity contribution < 1.29 is 23.8 Å². The van der Waals surface area contributed by atoms with Gasteiger partial charge in [0.2, 0.25) is 0 Å². The van der Waals surface area contributed by atoms with Gasteiger partial charge in [-0.1, -0.05) is 13.8 Å². The number of morpholine rings is 1. The second-order valence-electron chi connectivity index (χ2n) is 8.80. The van der Waals surface area contributed by atoms with Gasteiger partial charge < -0.3 is 25.4 Å². The van der Waals surface area contributed by atoms with Gasteiger partial charge >= 0.3 is 0 Å². The molecule has 2 aliphatic rings. The molecule has 1 fully saturated rings. The molecule has 0 aliphatic carbocycles. The Morgan fingerprint density at radius 1 is 1.47 bits per heavy atom. The van der Waals surface area contributed by atoms with E-state index in [-0.39, 0.29) is 36.1 Å². The first-order valence-corrected chi connectivity index (χ1v) is 12.3. The van der Waals surface area contributed by atoms with Crippen molar-refractivity contribution in [1.82, 2.24) is 10.2 Å². The fourth-order valence-corrected chi connectivity index (χ4v) is 5.60. The number of hydrogen-bond acceptors (Lipinski definition) is 6. The van der Waals surface area contributed by atoms with Gasteiger partial charge in [0.25, 0.3) is 11.8 Å². The zero-order valence-electron chi connectivity index (χ0n) is 17.8. The van der Waals surface area contributed by atoms with E-state index in [4.69, 9.17) is 4.74 Å². The third-order valence-electron chi connectivity index (χ3n) is 5.69. The number of halogens is 2. The molecule has 2 aliphatic heterocycles. The van der Waals surface area contributed by atoms with Gasteiger partial charge in [-0.3, -0.25) is 9.59 Å². The van der Waals surface area contributed by atoms with Gasteiger partial charge in [-0.15, -0.1) is 11.3 Å². The topological polar surface area (TPSA) is 90.9 Å². The van der Waals surface area contributed by atoms with E-state index >= 15 is 0 Å². The molecule has 1 aromatic carbocycles. The summed E-state index contributed by atoms with van der Waals surface area (Å²) in [5.74, 6) is -0.964. The predicted octanol–water partition coefficient (Wildman–Crippen LogP) is 3.38. The fourth-order valence-electron chi connectivity index (χ4n) is 4.00. The van der Waals surface area contributed by atoms with E-state index in [9.17, 15) is 19.1 Å².